The smallest absolute Gasteiger partial charge is 0.236 e. The third-order valence-electron chi connectivity index (χ3n) is 2.73. The molecule has 1 N–H and O–H groups in total. The Morgan fingerprint density at radius 2 is 2.00 bits per heavy atom. The normalized spacial score (nSPS) is 10.7. The molecule has 106 valence electrons. The number of thioether (sulfide) groups is 1. The number of anilines is 1. The van der Waals surface area contributed by atoms with Crippen LogP contribution in [0.4, 0.5) is 9.52 Å². The van der Waals surface area contributed by atoms with E-state index in [9.17, 15) is 9.18 Å². The number of amides is 1. The summed E-state index contributed by atoms with van der Waals surface area (Å²) < 4.78 is 14.3. The van der Waals surface area contributed by atoms with Gasteiger partial charge in [-0.2, -0.15) is 0 Å². The van der Waals surface area contributed by atoms with E-state index in [1.807, 2.05) is 30.3 Å². The number of benzene rings is 2. The van der Waals surface area contributed by atoms with Gasteiger partial charge in [0.1, 0.15) is 11.3 Å². The molecule has 0 fully saturated rings. The number of para-hydroxylation sites is 1. The first-order chi connectivity index (χ1) is 10.2. The molecule has 0 aliphatic heterocycles. The third kappa shape index (κ3) is 3.40. The molecule has 1 heterocycles. The summed E-state index contributed by atoms with van der Waals surface area (Å²) in [7, 11) is 0. The van der Waals surface area contributed by atoms with E-state index in [1.165, 1.54) is 29.2 Å². The fraction of sp³-hybridized carbons (Fsp3) is 0.0667. The summed E-state index contributed by atoms with van der Waals surface area (Å²) in [5.74, 6) is -0.228. The molecule has 0 saturated carbocycles. The lowest BCUT2D eigenvalue weighted by atomic mass is 10.3. The first-order valence-corrected chi connectivity index (χ1v) is 8.05. The monoisotopic (exact) mass is 318 g/mol. The maximum absolute atomic E-state index is 13.5. The molecule has 3 rings (SSSR count). The zero-order chi connectivity index (χ0) is 14.7. The largest absolute Gasteiger partial charge is 0.301 e. The second kappa shape index (κ2) is 6.24. The Balaban J connectivity index is 1.65. The van der Waals surface area contributed by atoms with E-state index < -0.39 is 0 Å². The van der Waals surface area contributed by atoms with Crippen molar-refractivity contribution >= 4 is 44.4 Å². The lowest BCUT2D eigenvalue weighted by molar-refractivity contribution is -0.113. The van der Waals surface area contributed by atoms with E-state index in [2.05, 4.69) is 10.3 Å². The van der Waals surface area contributed by atoms with Crippen LogP contribution in [0.1, 0.15) is 0 Å². The molecule has 6 heteroatoms. The van der Waals surface area contributed by atoms with E-state index in [-0.39, 0.29) is 11.7 Å². The van der Waals surface area contributed by atoms with Gasteiger partial charge in [0.15, 0.2) is 5.13 Å². The standard InChI is InChI=1S/C15H11FN2OS2/c16-11-7-4-8-12-14(11)18-15(21-12)17-13(19)9-20-10-5-2-1-3-6-10/h1-8H,9H2,(H,17,18,19). The molecule has 3 nitrogen and oxygen atoms in total. The molecule has 0 atom stereocenters. The zero-order valence-corrected chi connectivity index (χ0v) is 12.5. The van der Waals surface area contributed by atoms with Crippen LogP contribution in [-0.4, -0.2) is 16.6 Å². The minimum atomic E-state index is -0.372. The van der Waals surface area contributed by atoms with Crippen molar-refractivity contribution in [2.75, 3.05) is 11.1 Å². The van der Waals surface area contributed by atoms with E-state index >= 15 is 0 Å². The molecule has 0 aliphatic carbocycles. The lowest BCUT2D eigenvalue weighted by Crippen LogP contribution is -2.13. The van der Waals surface area contributed by atoms with Crippen molar-refractivity contribution < 1.29 is 9.18 Å². The van der Waals surface area contributed by atoms with Crippen molar-refractivity contribution in [1.29, 1.82) is 0 Å². The quantitative estimate of drug-likeness (QED) is 0.734. The molecule has 1 amide bonds. The van der Waals surface area contributed by atoms with Gasteiger partial charge < -0.3 is 5.32 Å². The maximum atomic E-state index is 13.5. The van der Waals surface area contributed by atoms with Gasteiger partial charge >= 0.3 is 0 Å². The Kier molecular flexibility index (Phi) is 4.17. The van der Waals surface area contributed by atoms with Crippen LogP contribution in [-0.2, 0) is 4.79 Å². The van der Waals surface area contributed by atoms with Gasteiger partial charge in [-0.1, -0.05) is 35.6 Å². The summed E-state index contributed by atoms with van der Waals surface area (Å²) >= 11 is 2.72. The third-order valence-corrected chi connectivity index (χ3v) is 4.68. The summed E-state index contributed by atoms with van der Waals surface area (Å²) in [6.07, 6.45) is 0. The number of nitrogens with one attached hydrogen (secondary N) is 1. The molecule has 0 unspecified atom stereocenters. The zero-order valence-electron chi connectivity index (χ0n) is 10.9. The maximum Gasteiger partial charge on any atom is 0.236 e. The Morgan fingerprint density at radius 1 is 1.19 bits per heavy atom. The molecule has 0 bridgehead atoms. The predicted molar refractivity (Wildman–Crippen MR) is 85.4 cm³/mol. The van der Waals surface area contributed by atoms with Gasteiger partial charge in [0.05, 0.1) is 10.5 Å². The van der Waals surface area contributed by atoms with Crippen LogP contribution >= 0.6 is 23.1 Å². The number of hydrogen-bond acceptors (Lipinski definition) is 4. The number of carbonyl (C=O) groups excluding carboxylic acids is 1. The summed E-state index contributed by atoms with van der Waals surface area (Å²) in [6, 6.07) is 14.5. The number of hydrogen-bond donors (Lipinski definition) is 1. The Bertz CT molecular complexity index is 774. The second-order valence-electron chi connectivity index (χ2n) is 4.26. The highest BCUT2D eigenvalue weighted by molar-refractivity contribution is 8.00. The summed E-state index contributed by atoms with van der Waals surface area (Å²) in [5, 5.41) is 3.13. The van der Waals surface area contributed by atoms with E-state index in [1.54, 1.807) is 12.1 Å². The Labute approximate surface area is 129 Å². The van der Waals surface area contributed by atoms with Crippen molar-refractivity contribution in [3.63, 3.8) is 0 Å². The van der Waals surface area contributed by atoms with Crippen molar-refractivity contribution in [2.24, 2.45) is 0 Å². The van der Waals surface area contributed by atoms with Gasteiger partial charge in [0.25, 0.3) is 0 Å². The Hall–Kier alpha value is -1.92. The highest BCUT2D eigenvalue weighted by atomic mass is 32.2. The topological polar surface area (TPSA) is 42.0 Å². The first-order valence-electron chi connectivity index (χ1n) is 6.25. The molecule has 0 radical (unpaired) electrons. The number of aromatic nitrogens is 1. The minimum Gasteiger partial charge on any atom is -0.301 e. The van der Waals surface area contributed by atoms with Crippen LogP contribution in [0.15, 0.2) is 53.4 Å². The lowest BCUT2D eigenvalue weighted by Gasteiger charge is -2.01. The van der Waals surface area contributed by atoms with Crippen LogP contribution in [0.5, 0.6) is 0 Å². The van der Waals surface area contributed by atoms with Gasteiger partial charge in [-0.3, -0.25) is 4.79 Å². The van der Waals surface area contributed by atoms with Crippen molar-refractivity contribution in [3.8, 4) is 0 Å². The molecular weight excluding hydrogens is 307 g/mol. The second-order valence-corrected chi connectivity index (χ2v) is 6.33. The molecule has 3 aromatic rings. The van der Waals surface area contributed by atoms with Crippen LogP contribution in [0, 0.1) is 5.82 Å². The molecule has 2 aromatic carbocycles. The fourth-order valence-electron chi connectivity index (χ4n) is 1.79. The average Bonchev–Trinajstić information content (AvgIpc) is 2.90. The predicted octanol–water partition coefficient (Wildman–Crippen LogP) is 4.17. The van der Waals surface area contributed by atoms with E-state index in [0.29, 0.717) is 16.4 Å². The van der Waals surface area contributed by atoms with Gasteiger partial charge in [-0.25, -0.2) is 9.37 Å². The fourth-order valence-corrected chi connectivity index (χ4v) is 3.41. The highest BCUT2D eigenvalue weighted by Crippen LogP contribution is 2.27. The van der Waals surface area contributed by atoms with Gasteiger partial charge in [0.2, 0.25) is 5.91 Å². The van der Waals surface area contributed by atoms with Crippen LogP contribution in [0.25, 0.3) is 10.2 Å². The van der Waals surface area contributed by atoms with Crippen LogP contribution < -0.4 is 5.32 Å². The number of carbonyl (C=O) groups is 1. The summed E-state index contributed by atoms with van der Waals surface area (Å²) in [5.41, 5.74) is 0.300. The van der Waals surface area contributed by atoms with E-state index in [4.69, 9.17) is 0 Å². The van der Waals surface area contributed by atoms with Gasteiger partial charge in [0, 0.05) is 4.90 Å². The number of halogens is 1. The molecule has 0 saturated heterocycles. The molecule has 0 spiro atoms. The van der Waals surface area contributed by atoms with Gasteiger partial charge in [-0.05, 0) is 24.3 Å². The van der Waals surface area contributed by atoms with Crippen LogP contribution in [0.3, 0.4) is 0 Å². The number of thiazole rings is 1. The molecule has 1 aromatic heterocycles. The van der Waals surface area contributed by atoms with Crippen molar-refractivity contribution in [2.45, 2.75) is 4.90 Å². The highest BCUT2D eigenvalue weighted by Gasteiger charge is 2.10. The summed E-state index contributed by atoms with van der Waals surface area (Å²) in [4.78, 5) is 17.0. The van der Waals surface area contributed by atoms with Crippen molar-refractivity contribution in [1.82, 2.24) is 4.98 Å². The van der Waals surface area contributed by atoms with Gasteiger partial charge in [-0.15, -0.1) is 11.8 Å². The molecular formula is C15H11FN2OS2. The SMILES string of the molecule is O=C(CSc1ccccc1)Nc1nc2c(F)cccc2s1. The summed E-state index contributed by atoms with van der Waals surface area (Å²) in [6.45, 7) is 0. The minimum absolute atomic E-state index is 0.150. The van der Waals surface area contributed by atoms with Crippen molar-refractivity contribution in [3.05, 3.63) is 54.3 Å². The number of rotatable bonds is 4. The first kappa shape index (κ1) is 14.0. The van der Waals surface area contributed by atoms with E-state index in [0.717, 1.165) is 9.60 Å². The molecule has 0 aliphatic rings. The average molecular weight is 318 g/mol. The number of nitrogens with zero attached hydrogens (tertiary/aromatic N) is 1. The Morgan fingerprint density at radius 3 is 2.76 bits per heavy atom. The molecule has 21 heavy (non-hydrogen) atoms. The van der Waals surface area contributed by atoms with Crippen LogP contribution in [0.2, 0.25) is 0 Å². The number of fused-ring (bicyclic) bond motifs is 1.